The van der Waals surface area contributed by atoms with Crippen LogP contribution in [0.2, 0.25) is 0 Å². The molecule has 0 saturated heterocycles. The molecule has 0 bridgehead atoms. The molecule has 2 amide bonds. The minimum absolute atomic E-state index is 0.135. The second-order valence-corrected chi connectivity index (χ2v) is 5.81. The molecule has 0 radical (unpaired) electrons. The molecule has 0 aliphatic carbocycles. The van der Waals surface area contributed by atoms with Gasteiger partial charge in [-0.2, -0.15) is 18.3 Å². The number of nitrogens with zero attached hydrogens (tertiary/aromatic N) is 1. The lowest BCUT2D eigenvalue weighted by atomic mass is 10.2. The second kappa shape index (κ2) is 9.58. The van der Waals surface area contributed by atoms with Gasteiger partial charge < -0.3 is 15.2 Å². The number of phenols is 1. The summed E-state index contributed by atoms with van der Waals surface area (Å²) in [5.41, 5.74) is 1.90. The van der Waals surface area contributed by atoms with Gasteiger partial charge in [-0.05, 0) is 36.4 Å². The number of alkyl halides is 3. The number of halogens is 3. The number of aromatic hydroxyl groups is 1. The van der Waals surface area contributed by atoms with Crippen LogP contribution in [0.25, 0.3) is 0 Å². The van der Waals surface area contributed by atoms with Crippen molar-refractivity contribution in [2.24, 2.45) is 5.10 Å². The van der Waals surface area contributed by atoms with Gasteiger partial charge >= 0.3 is 6.18 Å². The molecule has 2 aromatic carbocycles. The molecule has 2 aromatic rings. The van der Waals surface area contributed by atoms with Crippen molar-refractivity contribution in [1.82, 2.24) is 5.43 Å². The molecule has 0 heterocycles. The first kappa shape index (κ1) is 21.7. The van der Waals surface area contributed by atoms with E-state index in [-0.39, 0.29) is 30.0 Å². The summed E-state index contributed by atoms with van der Waals surface area (Å²) in [5, 5.41) is 16.0. The van der Waals surface area contributed by atoms with Gasteiger partial charge in [0.2, 0.25) is 11.8 Å². The van der Waals surface area contributed by atoms with Gasteiger partial charge in [-0.1, -0.05) is 6.07 Å². The number of phenolic OH excluding ortho intramolecular Hbond substituents is 1. The van der Waals surface area contributed by atoms with Crippen LogP contribution in [0, 0.1) is 0 Å². The molecule has 0 fully saturated rings. The molecule has 0 aliphatic heterocycles. The number of carbonyl (C=O) groups excluding carboxylic acids is 2. The van der Waals surface area contributed by atoms with E-state index in [4.69, 9.17) is 4.74 Å². The fourth-order valence-electron chi connectivity index (χ4n) is 2.23. The van der Waals surface area contributed by atoms with E-state index in [0.29, 0.717) is 5.56 Å². The van der Waals surface area contributed by atoms with Gasteiger partial charge in [-0.3, -0.25) is 9.59 Å². The van der Waals surface area contributed by atoms with E-state index in [2.05, 4.69) is 15.8 Å². The van der Waals surface area contributed by atoms with E-state index in [1.807, 2.05) is 0 Å². The molecule has 0 aliphatic rings. The topological polar surface area (TPSA) is 100 Å². The minimum atomic E-state index is -4.46. The summed E-state index contributed by atoms with van der Waals surface area (Å²) in [7, 11) is 1.40. The van der Waals surface area contributed by atoms with Gasteiger partial charge in [-0.25, -0.2) is 5.43 Å². The first-order valence-electron chi connectivity index (χ1n) is 8.35. The number of nitrogens with one attached hydrogen (secondary N) is 2. The second-order valence-electron chi connectivity index (χ2n) is 5.81. The Kier molecular flexibility index (Phi) is 7.18. The zero-order valence-electron chi connectivity index (χ0n) is 15.3. The Hall–Kier alpha value is -3.56. The van der Waals surface area contributed by atoms with Gasteiger partial charge in [0.15, 0.2) is 11.5 Å². The number of anilines is 1. The van der Waals surface area contributed by atoms with Crippen LogP contribution in [0.3, 0.4) is 0 Å². The molecule has 0 saturated carbocycles. The Morgan fingerprint density at radius 2 is 1.76 bits per heavy atom. The maximum absolute atomic E-state index is 12.5. The molecule has 7 nitrogen and oxygen atoms in total. The average Bonchev–Trinajstić information content (AvgIpc) is 2.67. The highest BCUT2D eigenvalue weighted by atomic mass is 19.4. The number of ether oxygens (including phenoxy) is 1. The van der Waals surface area contributed by atoms with Gasteiger partial charge in [-0.15, -0.1) is 0 Å². The molecular weight excluding hydrogens is 391 g/mol. The minimum Gasteiger partial charge on any atom is -0.504 e. The fourth-order valence-corrected chi connectivity index (χ4v) is 2.23. The number of hydrogen-bond donors (Lipinski definition) is 3. The molecule has 29 heavy (non-hydrogen) atoms. The third kappa shape index (κ3) is 6.52. The summed E-state index contributed by atoms with van der Waals surface area (Å²) in [6.07, 6.45) is -3.61. The van der Waals surface area contributed by atoms with Gasteiger partial charge in [0.05, 0.1) is 18.9 Å². The first-order valence-corrected chi connectivity index (χ1v) is 8.35. The lowest BCUT2D eigenvalue weighted by Crippen LogP contribution is -2.20. The molecule has 0 unspecified atom stereocenters. The summed E-state index contributed by atoms with van der Waals surface area (Å²) in [6, 6.07) is 8.71. The third-order valence-electron chi connectivity index (χ3n) is 3.72. The van der Waals surface area contributed by atoms with Crippen LogP contribution >= 0.6 is 0 Å². The number of amides is 2. The Morgan fingerprint density at radius 1 is 1.10 bits per heavy atom. The van der Waals surface area contributed by atoms with E-state index in [0.717, 1.165) is 24.3 Å². The van der Waals surface area contributed by atoms with Crippen LogP contribution in [0.15, 0.2) is 47.6 Å². The summed E-state index contributed by atoms with van der Waals surface area (Å²) >= 11 is 0. The normalized spacial score (nSPS) is 11.3. The molecule has 154 valence electrons. The predicted octanol–water partition coefficient (Wildman–Crippen LogP) is 3.29. The van der Waals surface area contributed by atoms with Crippen LogP contribution in [-0.4, -0.2) is 30.2 Å². The Morgan fingerprint density at radius 3 is 2.38 bits per heavy atom. The molecular formula is C19H18F3N3O4. The summed E-state index contributed by atoms with van der Waals surface area (Å²) in [5.74, 6) is -0.968. The van der Waals surface area contributed by atoms with Crippen LogP contribution in [-0.2, 0) is 15.8 Å². The Balaban J connectivity index is 1.79. The lowest BCUT2D eigenvalue weighted by Gasteiger charge is -2.08. The largest absolute Gasteiger partial charge is 0.504 e. The number of para-hydroxylation sites is 1. The Bertz CT molecular complexity index is 897. The molecule has 2 rings (SSSR count). The van der Waals surface area contributed by atoms with Crippen molar-refractivity contribution in [3.05, 3.63) is 53.6 Å². The highest BCUT2D eigenvalue weighted by molar-refractivity contribution is 5.93. The van der Waals surface area contributed by atoms with Crippen molar-refractivity contribution in [3.63, 3.8) is 0 Å². The van der Waals surface area contributed by atoms with Crippen LogP contribution in [0.4, 0.5) is 18.9 Å². The van der Waals surface area contributed by atoms with Crippen molar-refractivity contribution in [1.29, 1.82) is 0 Å². The van der Waals surface area contributed by atoms with Crippen molar-refractivity contribution in [2.45, 2.75) is 19.0 Å². The zero-order chi connectivity index (χ0) is 21.4. The SMILES string of the molecule is COc1cccc(/C=N/NC(=O)CCC(=O)Nc2ccc(C(F)(F)F)cc2)c1O. The van der Waals surface area contributed by atoms with Crippen LogP contribution in [0.1, 0.15) is 24.0 Å². The number of hydrazone groups is 1. The quantitative estimate of drug-likeness (QED) is 0.483. The fraction of sp³-hybridized carbons (Fsp3) is 0.211. The maximum atomic E-state index is 12.5. The number of carbonyl (C=O) groups is 2. The smallest absolute Gasteiger partial charge is 0.416 e. The van der Waals surface area contributed by atoms with Gasteiger partial charge in [0.1, 0.15) is 0 Å². The molecule has 0 atom stereocenters. The maximum Gasteiger partial charge on any atom is 0.416 e. The van der Waals surface area contributed by atoms with Crippen LogP contribution < -0.4 is 15.5 Å². The standard InChI is InChI=1S/C19H18F3N3O4/c1-29-15-4-2-3-12(18(15)28)11-23-25-17(27)10-9-16(26)24-14-7-5-13(6-8-14)19(20,21)22/h2-8,11,28H,9-10H2,1H3,(H,24,26)(H,25,27)/b23-11+. The number of rotatable bonds is 7. The lowest BCUT2D eigenvalue weighted by molar-refractivity contribution is -0.137. The number of benzene rings is 2. The highest BCUT2D eigenvalue weighted by Crippen LogP contribution is 2.30. The van der Waals surface area contributed by atoms with E-state index in [9.17, 15) is 27.9 Å². The van der Waals surface area contributed by atoms with Crippen molar-refractivity contribution in [2.75, 3.05) is 12.4 Å². The van der Waals surface area contributed by atoms with Crippen molar-refractivity contribution in [3.8, 4) is 11.5 Å². The number of hydrogen-bond acceptors (Lipinski definition) is 5. The summed E-state index contributed by atoms with van der Waals surface area (Å²) in [4.78, 5) is 23.5. The monoisotopic (exact) mass is 409 g/mol. The molecule has 3 N–H and O–H groups in total. The van der Waals surface area contributed by atoms with Gasteiger partial charge in [0.25, 0.3) is 0 Å². The zero-order valence-corrected chi connectivity index (χ0v) is 15.3. The van der Waals surface area contributed by atoms with Gasteiger partial charge in [0, 0.05) is 24.1 Å². The predicted molar refractivity (Wildman–Crippen MR) is 99.7 cm³/mol. The van der Waals surface area contributed by atoms with Crippen molar-refractivity contribution < 1.29 is 32.6 Å². The van der Waals surface area contributed by atoms with E-state index in [1.54, 1.807) is 18.2 Å². The molecule has 10 heteroatoms. The van der Waals surface area contributed by atoms with E-state index >= 15 is 0 Å². The van der Waals surface area contributed by atoms with Crippen molar-refractivity contribution >= 4 is 23.7 Å². The highest BCUT2D eigenvalue weighted by Gasteiger charge is 2.29. The average molecular weight is 409 g/mol. The van der Waals surface area contributed by atoms with E-state index in [1.165, 1.54) is 13.3 Å². The summed E-state index contributed by atoms with van der Waals surface area (Å²) in [6.45, 7) is 0. The summed E-state index contributed by atoms with van der Waals surface area (Å²) < 4.78 is 42.4. The first-order chi connectivity index (χ1) is 13.7. The molecule has 0 spiro atoms. The number of methoxy groups -OCH3 is 1. The van der Waals surface area contributed by atoms with Crippen LogP contribution in [0.5, 0.6) is 11.5 Å². The van der Waals surface area contributed by atoms with E-state index < -0.39 is 23.6 Å². The Labute approximate surface area is 164 Å². The third-order valence-corrected chi connectivity index (χ3v) is 3.72. The molecule has 0 aromatic heterocycles.